The number of benzene rings is 2. The summed E-state index contributed by atoms with van der Waals surface area (Å²) >= 11 is 1.42. The van der Waals surface area contributed by atoms with Crippen LogP contribution in [-0.2, 0) is 20.9 Å². The summed E-state index contributed by atoms with van der Waals surface area (Å²) in [5, 5.41) is 16.9. The number of nitrogens with zero attached hydrogens (tertiary/aromatic N) is 2. The molecule has 1 unspecified atom stereocenters. The number of hydrogen-bond acceptors (Lipinski definition) is 7. The maximum Gasteiger partial charge on any atom is 0.408 e. The first-order valence-electron chi connectivity index (χ1n) is 12.9. The largest absolute Gasteiger partial charge is 0.445 e. The van der Waals surface area contributed by atoms with Crippen molar-refractivity contribution in [2.24, 2.45) is 5.92 Å². The molecule has 4 rings (SSSR count). The summed E-state index contributed by atoms with van der Waals surface area (Å²) in [6.45, 7) is 4.26. The molecule has 10 heteroatoms. The van der Waals surface area contributed by atoms with E-state index >= 15 is 0 Å². The van der Waals surface area contributed by atoms with Crippen molar-refractivity contribution in [1.82, 2.24) is 20.5 Å². The lowest BCUT2D eigenvalue weighted by Gasteiger charge is -2.28. The van der Waals surface area contributed by atoms with E-state index in [4.69, 9.17) is 4.74 Å². The van der Waals surface area contributed by atoms with Gasteiger partial charge in [-0.15, -0.1) is 11.3 Å². The van der Waals surface area contributed by atoms with E-state index in [2.05, 4.69) is 15.6 Å². The van der Waals surface area contributed by atoms with Crippen LogP contribution in [0.4, 0.5) is 4.79 Å². The van der Waals surface area contributed by atoms with Crippen LogP contribution in [0, 0.1) is 5.92 Å². The van der Waals surface area contributed by atoms with Gasteiger partial charge in [0.1, 0.15) is 23.8 Å². The zero-order chi connectivity index (χ0) is 27.1. The first-order chi connectivity index (χ1) is 18.3. The summed E-state index contributed by atoms with van der Waals surface area (Å²) in [5.74, 6) is -0.607. The van der Waals surface area contributed by atoms with Crippen LogP contribution in [0.25, 0.3) is 10.2 Å². The van der Waals surface area contributed by atoms with Gasteiger partial charge in [-0.3, -0.25) is 9.59 Å². The maximum atomic E-state index is 13.1. The molecule has 0 aliphatic carbocycles. The average Bonchev–Trinajstić information content (AvgIpc) is 3.57. The van der Waals surface area contributed by atoms with Gasteiger partial charge >= 0.3 is 6.09 Å². The van der Waals surface area contributed by atoms with Crippen LogP contribution in [0.15, 0.2) is 54.6 Å². The molecule has 3 aromatic rings. The van der Waals surface area contributed by atoms with Gasteiger partial charge in [0.15, 0.2) is 0 Å². The average molecular weight is 539 g/mol. The zero-order valence-electron chi connectivity index (χ0n) is 21.6. The number of fused-ring (bicyclic) bond motifs is 1. The lowest BCUT2D eigenvalue weighted by molar-refractivity contribution is -0.135. The number of aromatic nitrogens is 1. The van der Waals surface area contributed by atoms with Crippen molar-refractivity contribution in [3.8, 4) is 0 Å². The molecule has 3 atom stereocenters. The number of carbonyl (C=O) groups excluding carboxylic acids is 3. The number of likely N-dealkylation sites (tertiary alicyclic amines) is 1. The highest BCUT2D eigenvalue weighted by atomic mass is 32.1. The SMILES string of the molecule is CC(C)C[C@H](NC(=O)OCc1ccccc1)C(=O)NCC(=O)N1CCC[C@H]1C(O)c1nc2ccccc2s1. The number of alkyl carbamates (subject to hydrolysis) is 1. The molecule has 3 N–H and O–H groups in total. The van der Waals surface area contributed by atoms with Gasteiger partial charge in [-0.05, 0) is 42.9 Å². The van der Waals surface area contributed by atoms with Gasteiger partial charge in [0.05, 0.1) is 22.8 Å². The highest BCUT2D eigenvalue weighted by molar-refractivity contribution is 7.18. The Morgan fingerprint density at radius 3 is 2.61 bits per heavy atom. The van der Waals surface area contributed by atoms with Crippen molar-refractivity contribution >= 4 is 39.5 Å². The van der Waals surface area contributed by atoms with Crippen LogP contribution in [0.2, 0.25) is 0 Å². The molecular formula is C28H34N4O5S. The molecular weight excluding hydrogens is 504 g/mol. The molecule has 1 aliphatic heterocycles. The summed E-state index contributed by atoms with van der Waals surface area (Å²) in [4.78, 5) is 44.5. The molecule has 1 aliphatic rings. The fourth-order valence-electron chi connectivity index (χ4n) is 4.61. The smallest absolute Gasteiger partial charge is 0.408 e. The number of ether oxygens (including phenoxy) is 1. The van der Waals surface area contributed by atoms with E-state index in [1.165, 1.54) is 11.3 Å². The Balaban J connectivity index is 1.32. The maximum absolute atomic E-state index is 13.1. The van der Waals surface area contributed by atoms with Crippen LogP contribution >= 0.6 is 11.3 Å². The molecule has 2 heterocycles. The first-order valence-corrected chi connectivity index (χ1v) is 13.7. The van der Waals surface area contributed by atoms with Crippen molar-refractivity contribution in [2.75, 3.05) is 13.1 Å². The third kappa shape index (κ3) is 7.08. The Morgan fingerprint density at radius 2 is 1.87 bits per heavy atom. The van der Waals surface area contributed by atoms with Crippen molar-refractivity contribution < 1.29 is 24.2 Å². The summed E-state index contributed by atoms with van der Waals surface area (Å²) in [6, 6.07) is 15.7. The number of thiazole rings is 1. The number of nitrogens with one attached hydrogen (secondary N) is 2. The lowest BCUT2D eigenvalue weighted by atomic mass is 10.0. The summed E-state index contributed by atoms with van der Waals surface area (Å²) < 4.78 is 6.25. The van der Waals surface area contributed by atoms with E-state index in [0.29, 0.717) is 24.4 Å². The second-order valence-corrected chi connectivity index (χ2v) is 10.9. The lowest BCUT2D eigenvalue weighted by Crippen LogP contribution is -2.51. The standard InChI is InChI=1S/C28H34N4O5S/c1-18(2)15-21(31-28(36)37-17-19-9-4-3-5-10-19)26(35)29-16-24(33)32-14-8-12-22(32)25(34)27-30-20-11-6-7-13-23(20)38-27/h3-7,9-11,13,18,21-22,25,34H,8,12,14-17H2,1-2H3,(H,29,35)(H,31,36)/t21-,22-,25?/m0/s1. The number of aliphatic hydroxyl groups excluding tert-OH is 1. The monoisotopic (exact) mass is 538 g/mol. The molecule has 0 saturated carbocycles. The Bertz CT molecular complexity index is 1220. The molecule has 2 aromatic carbocycles. The highest BCUT2D eigenvalue weighted by Gasteiger charge is 2.36. The quantitative estimate of drug-likeness (QED) is 0.361. The molecule has 0 bridgehead atoms. The predicted molar refractivity (Wildman–Crippen MR) is 145 cm³/mol. The molecule has 0 radical (unpaired) electrons. The van der Waals surface area contributed by atoms with Crippen LogP contribution in [0.1, 0.15) is 49.8 Å². The molecule has 1 aromatic heterocycles. The number of carbonyl (C=O) groups is 3. The van der Waals surface area contributed by atoms with E-state index in [0.717, 1.165) is 22.2 Å². The Morgan fingerprint density at radius 1 is 1.13 bits per heavy atom. The first kappa shape index (κ1) is 27.5. The molecule has 1 fully saturated rings. The van der Waals surface area contributed by atoms with Gasteiger partial charge < -0.3 is 25.4 Å². The molecule has 1 saturated heterocycles. The van der Waals surface area contributed by atoms with E-state index in [9.17, 15) is 19.5 Å². The number of para-hydroxylation sites is 1. The van der Waals surface area contributed by atoms with Crippen LogP contribution in [0.3, 0.4) is 0 Å². The van der Waals surface area contributed by atoms with E-state index in [1.54, 1.807) is 4.90 Å². The molecule has 38 heavy (non-hydrogen) atoms. The van der Waals surface area contributed by atoms with Gasteiger partial charge in [0.2, 0.25) is 11.8 Å². The second kappa shape index (κ2) is 12.8. The van der Waals surface area contributed by atoms with Gasteiger partial charge in [-0.2, -0.15) is 0 Å². The number of amides is 3. The fourth-order valence-corrected chi connectivity index (χ4v) is 5.62. The zero-order valence-corrected chi connectivity index (χ0v) is 22.4. The van der Waals surface area contributed by atoms with Gasteiger partial charge in [0.25, 0.3) is 0 Å². The van der Waals surface area contributed by atoms with E-state index < -0.39 is 30.2 Å². The molecule has 9 nitrogen and oxygen atoms in total. The number of rotatable bonds is 10. The number of hydrogen-bond donors (Lipinski definition) is 3. The summed E-state index contributed by atoms with van der Waals surface area (Å²) in [5.41, 5.74) is 1.66. The third-order valence-electron chi connectivity index (χ3n) is 6.49. The molecule has 3 amide bonds. The second-order valence-electron chi connectivity index (χ2n) is 9.87. The Labute approximate surface area is 226 Å². The van der Waals surface area contributed by atoms with Crippen molar-refractivity contribution in [1.29, 1.82) is 0 Å². The minimum atomic E-state index is -0.899. The van der Waals surface area contributed by atoms with Gasteiger partial charge in [0, 0.05) is 6.54 Å². The van der Waals surface area contributed by atoms with Gasteiger partial charge in [-0.25, -0.2) is 9.78 Å². The van der Waals surface area contributed by atoms with Crippen molar-refractivity contribution in [3.05, 3.63) is 65.2 Å². The highest BCUT2D eigenvalue weighted by Crippen LogP contribution is 2.33. The predicted octanol–water partition coefficient (Wildman–Crippen LogP) is 3.78. The Kier molecular flexibility index (Phi) is 9.30. The molecule has 202 valence electrons. The minimum absolute atomic E-state index is 0.0918. The van der Waals surface area contributed by atoms with Crippen LogP contribution < -0.4 is 10.6 Å². The third-order valence-corrected chi connectivity index (χ3v) is 7.60. The van der Waals surface area contributed by atoms with E-state index in [1.807, 2.05) is 68.4 Å². The Hall–Kier alpha value is -3.50. The summed E-state index contributed by atoms with van der Waals surface area (Å²) in [7, 11) is 0. The topological polar surface area (TPSA) is 121 Å². The van der Waals surface area contributed by atoms with Crippen LogP contribution in [-0.4, -0.2) is 58.1 Å². The van der Waals surface area contributed by atoms with Crippen LogP contribution in [0.5, 0.6) is 0 Å². The van der Waals surface area contributed by atoms with E-state index in [-0.39, 0.29) is 25.0 Å². The molecule has 0 spiro atoms. The summed E-state index contributed by atoms with van der Waals surface area (Å²) in [6.07, 6.45) is 0.214. The van der Waals surface area contributed by atoms with Crippen molar-refractivity contribution in [2.45, 2.75) is 57.9 Å². The fraction of sp³-hybridized carbons (Fsp3) is 0.429. The normalized spacial score (nSPS) is 16.8. The minimum Gasteiger partial charge on any atom is -0.445 e. The van der Waals surface area contributed by atoms with Gasteiger partial charge in [-0.1, -0.05) is 56.3 Å². The van der Waals surface area contributed by atoms with Crippen molar-refractivity contribution in [3.63, 3.8) is 0 Å². The number of aliphatic hydroxyl groups is 1.